The van der Waals surface area contributed by atoms with Crippen LogP contribution in [0.15, 0.2) is 48.7 Å². The summed E-state index contributed by atoms with van der Waals surface area (Å²) in [6.07, 6.45) is 1.10. The highest BCUT2D eigenvalue weighted by atomic mass is 16.5. The van der Waals surface area contributed by atoms with E-state index in [0.29, 0.717) is 5.69 Å². The average molecular weight is 357 g/mol. The van der Waals surface area contributed by atoms with Gasteiger partial charge in [-0.25, -0.2) is 4.79 Å². The van der Waals surface area contributed by atoms with Gasteiger partial charge in [0.15, 0.2) is 0 Å². The molecule has 136 valence electrons. The minimum Gasteiger partial charge on any atom is -0.476 e. The van der Waals surface area contributed by atoms with Crippen molar-refractivity contribution in [3.05, 3.63) is 59.9 Å². The third-order valence-electron chi connectivity index (χ3n) is 3.61. The van der Waals surface area contributed by atoms with Crippen LogP contribution in [0.5, 0.6) is 5.75 Å². The molecule has 1 amide bonds. The molecule has 0 aliphatic heterocycles. The summed E-state index contributed by atoms with van der Waals surface area (Å²) in [6.45, 7) is 1.69. The normalized spacial score (nSPS) is 12.7. The fourth-order valence-electron chi connectivity index (χ4n) is 2.19. The van der Waals surface area contributed by atoms with E-state index in [-0.39, 0.29) is 24.3 Å². The summed E-state index contributed by atoms with van der Waals surface area (Å²) >= 11 is 0. The van der Waals surface area contributed by atoms with Gasteiger partial charge in [0.05, 0.1) is 11.3 Å². The number of aromatic nitrogens is 1. The minimum absolute atomic E-state index is 0.0772. The van der Waals surface area contributed by atoms with Crippen LogP contribution in [0.3, 0.4) is 0 Å². The van der Waals surface area contributed by atoms with Crippen LogP contribution in [-0.4, -0.2) is 33.5 Å². The number of carboxylic acid groups (broad SMARTS) is 1. The lowest BCUT2D eigenvalue weighted by atomic mass is 10.0. The number of rotatable bonds is 8. The quantitative estimate of drug-likeness (QED) is 0.476. The van der Waals surface area contributed by atoms with E-state index in [0.717, 1.165) is 0 Å². The van der Waals surface area contributed by atoms with Gasteiger partial charge in [-0.05, 0) is 24.3 Å². The maximum Gasteiger partial charge on any atom is 0.378 e. The van der Waals surface area contributed by atoms with E-state index < -0.39 is 23.4 Å². The number of pyridine rings is 1. The lowest BCUT2D eigenvalue weighted by Crippen LogP contribution is -2.64. The largest absolute Gasteiger partial charge is 0.476 e. The van der Waals surface area contributed by atoms with E-state index in [9.17, 15) is 19.5 Å². The first-order valence-electron chi connectivity index (χ1n) is 7.91. The standard InChI is InChI=1S/C18H19N3O5/c1-2-15(22)18(17(24)25,26-14-6-4-3-5-7-14)21-16(23)12-8-9-13(10-19)20-11-12/h3-9,11H,2,10,19H2,1H3,(H,21,23)(H,24,25). The number of hydrogen-bond donors (Lipinski definition) is 3. The summed E-state index contributed by atoms with van der Waals surface area (Å²) in [6, 6.07) is 10.9. The molecule has 1 aromatic carbocycles. The van der Waals surface area contributed by atoms with Crippen molar-refractivity contribution in [2.75, 3.05) is 0 Å². The number of ketones is 1. The highest BCUT2D eigenvalue weighted by Crippen LogP contribution is 2.20. The van der Waals surface area contributed by atoms with Crippen LogP contribution in [0.2, 0.25) is 0 Å². The third-order valence-corrected chi connectivity index (χ3v) is 3.61. The zero-order chi connectivity index (χ0) is 19.2. The van der Waals surface area contributed by atoms with E-state index in [1.807, 2.05) is 0 Å². The summed E-state index contributed by atoms with van der Waals surface area (Å²) < 4.78 is 5.43. The summed E-state index contributed by atoms with van der Waals surface area (Å²) in [4.78, 5) is 40.8. The first-order chi connectivity index (χ1) is 12.4. The van der Waals surface area contributed by atoms with Gasteiger partial charge >= 0.3 is 11.7 Å². The number of amides is 1. The SMILES string of the molecule is CCC(=O)C(NC(=O)c1ccc(CN)nc1)(Oc1ccccc1)C(=O)O. The van der Waals surface area contributed by atoms with Crippen LogP contribution in [0, 0.1) is 0 Å². The molecule has 0 radical (unpaired) electrons. The second-order valence-electron chi connectivity index (χ2n) is 5.37. The number of Topliss-reactive ketones (excluding diaryl/α,β-unsaturated/α-hetero) is 1. The Morgan fingerprint density at radius 3 is 2.38 bits per heavy atom. The lowest BCUT2D eigenvalue weighted by molar-refractivity contribution is -0.164. The number of carbonyl (C=O) groups excluding carboxylic acids is 2. The molecule has 0 bridgehead atoms. The number of nitrogens with two attached hydrogens (primary N) is 1. The molecule has 0 saturated carbocycles. The third kappa shape index (κ3) is 4.04. The Bertz CT molecular complexity index is 792. The number of nitrogens with one attached hydrogen (secondary N) is 1. The van der Waals surface area contributed by atoms with Crippen molar-refractivity contribution >= 4 is 17.7 Å². The molecule has 0 aliphatic carbocycles. The highest BCUT2D eigenvalue weighted by molar-refractivity contribution is 6.10. The molecule has 0 fully saturated rings. The van der Waals surface area contributed by atoms with Crippen molar-refractivity contribution in [2.24, 2.45) is 5.73 Å². The Kier molecular flexibility index (Phi) is 6.03. The van der Waals surface area contributed by atoms with Crippen LogP contribution in [0.4, 0.5) is 0 Å². The fourth-order valence-corrected chi connectivity index (χ4v) is 2.19. The van der Waals surface area contributed by atoms with Crippen LogP contribution in [0.1, 0.15) is 29.4 Å². The monoisotopic (exact) mass is 357 g/mol. The maximum absolute atomic E-state index is 12.5. The molecular weight excluding hydrogens is 338 g/mol. The molecule has 8 nitrogen and oxygen atoms in total. The van der Waals surface area contributed by atoms with Crippen LogP contribution < -0.4 is 15.8 Å². The predicted octanol–water partition coefficient (Wildman–Crippen LogP) is 1.11. The lowest BCUT2D eigenvalue weighted by Gasteiger charge is -2.29. The van der Waals surface area contributed by atoms with Gasteiger partial charge in [0.1, 0.15) is 5.75 Å². The van der Waals surface area contributed by atoms with E-state index in [4.69, 9.17) is 10.5 Å². The molecule has 1 aromatic heterocycles. The van der Waals surface area contributed by atoms with Crippen molar-refractivity contribution in [2.45, 2.75) is 25.6 Å². The maximum atomic E-state index is 12.5. The van der Waals surface area contributed by atoms with Crippen LogP contribution in [-0.2, 0) is 16.1 Å². The van der Waals surface area contributed by atoms with Crippen molar-refractivity contribution in [3.63, 3.8) is 0 Å². The van der Waals surface area contributed by atoms with Gasteiger partial charge in [-0.1, -0.05) is 25.1 Å². The Morgan fingerprint density at radius 1 is 1.19 bits per heavy atom. The van der Waals surface area contributed by atoms with Gasteiger partial charge in [-0.15, -0.1) is 0 Å². The smallest absolute Gasteiger partial charge is 0.378 e. The van der Waals surface area contributed by atoms with E-state index in [1.54, 1.807) is 18.2 Å². The molecule has 0 spiro atoms. The molecule has 2 rings (SSSR count). The zero-order valence-electron chi connectivity index (χ0n) is 14.1. The van der Waals surface area contributed by atoms with Gasteiger partial charge in [0.25, 0.3) is 5.91 Å². The average Bonchev–Trinajstić information content (AvgIpc) is 2.67. The predicted molar refractivity (Wildman–Crippen MR) is 92.3 cm³/mol. The number of para-hydroxylation sites is 1. The van der Waals surface area contributed by atoms with Gasteiger partial charge < -0.3 is 15.6 Å². The van der Waals surface area contributed by atoms with Gasteiger partial charge in [-0.3, -0.25) is 19.9 Å². The van der Waals surface area contributed by atoms with Crippen LogP contribution >= 0.6 is 0 Å². The zero-order valence-corrected chi connectivity index (χ0v) is 14.1. The molecule has 26 heavy (non-hydrogen) atoms. The van der Waals surface area contributed by atoms with Gasteiger partial charge in [-0.2, -0.15) is 0 Å². The van der Waals surface area contributed by atoms with E-state index in [2.05, 4.69) is 10.3 Å². The second-order valence-corrected chi connectivity index (χ2v) is 5.37. The molecule has 8 heteroatoms. The number of carboxylic acids is 1. The van der Waals surface area contributed by atoms with Crippen molar-refractivity contribution in [3.8, 4) is 5.75 Å². The first kappa shape index (κ1) is 19.1. The number of nitrogens with zero attached hydrogens (tertiary/aromatic N) is 1. The fraction of sp³-hybridized carbons (Fsp3) is 0.222. The number of carbonyl (C=O) groups is 3. The first-order valence-corrected chi connectivity index (χ1v) is 7.91. The second kappa shape index (κ2) is 8.21. The number of ether oxygens (including phenoxy) is 1. The highest BCUT2D eigenvalue weighted by Gasteiger charge is 2.49. The number of hydrogen-bond acceptors (Lipinski definition) is 6. The summed E-state index contributed by atoms with van der Waals surface area (Å²) in [7, 11) is 0. The van der Waals surface area contributed by atoms with Gasteiger partial charge in [0, 0.05) is 19.2 Å². The summed E-state index contributed by atoms with van der Waals surface area (Å²) in [5.74, 6) is -3.09. The molecule has 4 N–H and O–H groups in total. The molecule has 0 saturated heterocycles. The van der Waals surface area contributed by atoms with Crippen molar-refractivity contribution in [1.82, 2.24) is 10.3 Å². The Morgan fingerprint density at radius 2 is 1.88 bits per heavy atom. The summed E-state index contributed by atoms with van der Waals surface area (Å²) in [5, 5.41) is 11.9. The molecular formula is C18H19N3O5. The number of benzene rings is 1. The topological polar surface area (TPSA) is 132 Å². The molecule has 2 aromatic rings. The minimum atomic E-state index is -2.54. The Labute approximate surface area is 150 Å². The van der Waals surface area contributed by atoms with Crippen molar-refractivity contribution in [1.29, 1.82) is 0 Å². The molecule has 1 atom stereocenters. The molecule has 1 unspecified atom stereocenters. The Balaban J connectivity index is 2.37. The molecule has 0 aliphatic rings. The van der Waals surface area contributed by atoms with Crippen LogP contribution in [0.25, 0.3) is 0 Å². The van der Waals surface area contributed by atoms with E-state index in [1.165, 1.54) is 37.4 Å². The van der Waals surface area contributed by atoms with Gasteiger partial charge in [0.2, 0.25) is 5.78 Å². The van der Waals surface area contributed by atoms with E-state index >= 15 is 0 Å². The molecule has 1 heterocycles. The Hall–Kier alpha value is -3.26. The number of aliphatic carboxylic acids is 1. The summed E-state index contributed by atoms with van der Waals surface area (Å²) in [5.41, 5.74) is 3.56. The van der Waals surface area contributed by atoms with Crippen molar-refractivity contribution < 1.29 is 24.2 Å².